The molecular formula is C26H28FN5O3S2. The standard InChI is InChI=1S/C26H28FN5O3S2/c1-18-16-19(2)32(29-18)15-14-31(26-28-23-7-3-4-8-24(23)36-26)25(33)20-6-5-13-30(17-20)37(34,35)22-11-9-21(27)10-12-22/h3-4,7-12,16,20H,5-6,13-15,17H2,1-2H3. The molecule has 1 fully saturated rings. The van der Waals surface area contributed by atoms with Gasteiger partial charge in [-0.1, -0.05) is 23.5 Å². The number of aromatic nitrogens is 3. The van der Waals surface area contributed by atoms with Gasteiger partial charge in [-0.2, -0.15) is 9.40 Å². The summed E-state index contributed by atoms with van der Waals surface area (Å²) >= 11 is 1.44. The normalized spacial score (nSPS) is 16.8. The highest BCUT2D eigenvalue weighted by molar-refractivity contribution is 7.89. The summed E-state index contributed by atoms with van der Waals surface area (Å²) in [4.78, 5) is 20.4. The molecule has 1 unspecified atom stereocenters. The fourth-order valence-electron chi connectivity index (χ4n) is 4.71. The lowest BCUT2D eigenvalue weighted by molar-refractivity contribution is -0.123. The highest BCUT2D eigenvalue weighted by Gasteiger charge is 2.36. The summed E-state index contributed by atoms with van der Waals surface area (Å²) in [6, 6.07) is 14.5. The van der Waals surface area contributed by atoms with E-state index in [-0.39, 0.29) is 17.3 Å². The van der Waals surface area contributed by atoms with Gasteiger partial charge in [-0.3, -0.25) is 14.4 Å². The number of anilines is 1. The summed E-state index contributed by atoms with van der Waals surface area (Å²) in [6.45, 7) is 5.14. The monoisotopic (exact) mass is 541 g/mol. The summed E-state index contributed by atoms with van der Waals surface area (Å²) in [7, 11) is -3.85. The summed E-state index contributed by atoms with van der Waals surface area (Å²) in [6.07, 6.45) is 1.14. The number of thiazole rings is 1. The Bertz CT molecular complexity index is 1500. The number of carbonyl (C=O) groups excluding carboxylic acids is 1. The van der Waals surface area contributed by atoms with E-state index in [2.05, 4.69) is 5.10 Å². The number of amides is 1. The molecule has 1 saturated heterocycles. The molecule has 1 amide bonds. The Morgan fingerprint density at radius 3 is 2.62 bits per heavy atom. The van der Waals surface area contributed by atoms with Crippen molar-refractivity contribution in [3.8, 4) is 0 Å². The first-order valence-electron chi connectivity index (χ1n) is 12.2. The van der Waals surface area contributed by atoms with Crippen molar-refractivity contribution >= 4 is 42.6 Å². The second-order valence-corrected chi connectivity index (χ2v) is 12.2. The molecule has 0 aliphatic carbocycles. The Hall–Kier alpha value is -3.15. The number of aryl methyl sites for hydroxylation is 2. The Morgan fingerprint density at radius 2 is 1.92 bits per heavy atom. The minimum absolute atomic E-state index is 0.0227. The van der Waals surface area contributed by atoms with E-state index in [1.807, 2.05) is 48.9 Å². The number of hydrogen-bond donors (Lipinski definition) is 0. The van der Waals surface area contributed by atoms with Crippen LogP contribution in [0.3, 0.4) is 0 Å². The molecule has 1 aliphatic rings. The quantitative estimate of drug-likeness (QED) is 0.347. The maximum absolute atomic E-state index is 13.9. The van der Waals surface area contributed by atoms with Crippen molar-refractivity contribution in [2.75, 3.05) is 24.5 Å². The number of para-hydroxylation sites is 1. The smallest absolute Gasteiger partial charge is 0.243 e. The summed E-state index contributed by atoms with van der Waals surface area (Å²) < 4.78 is 44.0. The summed E-state index contributed by atoms with van der Waals surface area (Å²) in [5, 5.41) is 5.11. The molecule has 2 aromatic carbocycles. The molecule has 8 nitrogen and oxygen atoms in total. The van der Waals surface area contributed by atoms with Gasteiger partial charge in [0.25, 0.3) is 0 Å². The second kappa shape index (κ2) is 10.3. The van der Waals surface area contributed by atoms with Gasteiger partial charge in [0.05, 0.1) is 33.3 Å². The predicted molar refractivity (Wildman–Crippen MR) is 142 cm³/mol. The lowest BCUT2D eigenvalue weighted by Crippen LogP contribution is -2.47. The van der Waals surface area contributed by atoms with E-state index in [9.17, 15) is 17.6 Å². The molecule has 2 aromatic heterocycles. The summed E-state index contributed by atoms with van der Waals surface area (Å²) in [5.74, 6) is -1.17. The van der Waals surface area contributed by atoms with Crippen molar-refractivity contribution in [1.82, 2.24) is 19.1 Å². The van der Waals surface area contributed by atoms with E-state index in [0.717, 1.165) is 33.7 Å². The zero-order valence-electron chi connectivity index (χ0n) is 20.7. The number of nitrogens with zero attached hydrogens (tertiary/aromatic N) is 5. The van der Waals surface area contributed by atoms with Gasteiger partial charge in [0.2, 0.25) is 15.9 Å². The molecular weight excluding hydrogens is 513 g/mol. The minimum Gasteiger partial charge on any atom is -0.286 e. The van der Waals surface area contributed by atoms with Gasteiger partial charge in [0.1, 0.15) is 5.82 Å². The number of fused-ring (bicyclic) bond motifs is 1. The number of hydrogen-bond acceptors (Lipinski definition) is 6. The number of piperidine rings is 1. The highest BCUT2D eigenvalue weighted by atomic mass is 32.2. The number of rotatable bonds is 7. The molecule has 0 spiro atoms. The van der Waals surface area contributed by atoms with E-state index < -0.39 is 21.8 Å². The summed E-state index contributed by atoms with van der Waals surface area (Å²) in [5.41, 5.74) is 2.73. The molecule has 5 rings (SSSR count). The van der Waals surface area contributed by atoms with Crippen LogP contribution in [0.5, 0.6) is 0 Å². The molecule has 37 heavy (non-hydrogen) atoms. The van der Waals surface area contributed by atoms with Crippen molar-refractivity contribution in [1.29, 1.82) is 0 Å². The first-order valence-corrected chi connectivity index (χ1v) is 14.4. The van der Waals surface area contributed by atoms with E-state index in [0.29, 0.717) is 37.6 Å². The average Bonchev–Trinajstić information content (AvgIpc) is 3.46. The average molecular weight is 542 g/mol. The number of halogens is 1. The van der Waals surface area contributed by atoms with Crippen LogP contribution in [0, 0.1) is 25.6 Å². The third-order valence-electron chi connectivity index (χ3n) is 6.60. The van der Waals surface area contributed by atoms with Crippen molar-refractivity contribution in [3.05, 3.63) is 71.8 Å². The minimum atomic E-state index is -3.85. The van der Waals surface area contributed by atoms with Gasteiger partial charge in [-0.15, -0.1) is 0 Å². The zero-order chi connectivity index (χ0) is 26.2. The van der Waals surface area contributed by atoms with Gasteiger partial charge >= 0.3 is 0 Å². The third-order valence-corrected chi connectivity index (χ3v) is 9.54. The van der Waals surface area contributed by atoms with Crippen LogP contribution in [0.15, 0.2) is 59.5 Å². The van der Waals surface area contributed by atoms with Gasteiger partial charge in [0.15, 0.2) is 5.13 Å². The maximum atomic E-state index is 13.9. The lowest BCUT2D eigenvalue weighted by Gasteiger charge is -2.33. The van der Waals surface area contributed by atoms with Crippen LogP contribution < -0.4 is 4.90 Å². The van der Waals surface area contributed by atoms with Crippen molar-refractivity contribution < 1.29 is 17.6 Å². The topological polar surface area (TPSA) is 88.4 Å². The Labute approximate surface area is 219 Å². The SMILES string of the molecule is Cc1cc(C)n(CCN(C(=O)C2CCCN(S(=O)(=O)c3ccc(F)cc3)C2)c2nc3ccccc3s2)n1. The largest absolute Gasteiger partial charge is 0.286 e. The molecule has 0 saturated carbocycles. The molecule has 0 N–H and O–H groups in total. The van der Waals surface area contributed by atoms with Crippen LogP contribution in [-0.4, -0.2) is 53.0 Å². The second-order valence-electron chi connectivity index (χ2n) is 9.26. The molecule has 0 bridgehead atoms. The Morgan fingerprint density at radius 1 is 1.16 bits per heavy atom. The van der Waals surface area contributed by atoms with Crippen LogP contribution in [0.2, 0.25) is 0 Å². The van der Waals surface area contributed by atoms with E-state index in [1.165, 1.54) is 27.8 Å². The Kier molecular flexibility index (Phi) is 7.11. The molecule has 4 aromatic rings. The number of benzene rings is 2. The third kappa shape index (κ3) is 5.29. The van der Waals surface area contributed by atoms with Gasteiger partial charge in [-0.05, 0) is 69.2 Å². The maximum Gasteiger partial charge on any atom is 0.243 e. The molecule has 3 heterocycles. The van der Waals surface area contributed by atoms with Crippen molar-refractivity contribution in [2.45, 2.75) is 38.1 Å². The van der Waals surface area contributed by atoms with Crippen molar-refractivity contribution in [3.63, 3.8) is 0 Å². The molecule has 194 valence electrons. The molecule has 1 atom stereocenters. The van der Waals surface area contributed by atoms with Crippen LogP contribution in [0.25, 0.3) is 10.2 Å². The highest BCUT2D eigenvalue weighted by Crippen LogP contribution is 2.32. The first kappa shape index (κ1) is 25.5. The van der Waals surface area contributed by atoms with E-state index >= 15 is 0 Å². The van der Waals surface area contributed by atoms with Crippen LogP contribution in [-0.2, 0) is 21.4 Å². The van der Waals surface area contributed by atoms with Crippen LogP contribution in [0.1, 0.15) is 24.2 Å². The predicted octanol–water partition coefficient (Wildman–Crippen LogP) is 4.38. The van der Waals surface area contributed by atoms with Crippen LogP contribution >= 0.6 is 11.3 Å². The molecule has 11 heteroatoms. The Balaban J connectivity index is 1.41. The van der Waals surface area contributed by atoms with E-state index in [1.54, 1.807) is 4.90 Å². The number of sulfonamides is 1. The van der Waals surface area contributed by atoms with Gasteiger partial charge < -0.3 is 0 Å². The molecule has 1 aliphatic heterocycles. The van der Waals surface area contributed by atoms with Crippen LogP contribution in [0.4, 0.5) is 9.52 Å². The fourth-order valence-corrected chi connectivity index (χ4v) is 7.23. The van der Waals surface area contributed by atoms with Crippen molar-refractivity contribution in [2.24, 2.45) is 5.92 Å². The molecule has 0 radical (unpaired) electrons. The lowest BCUT2D eigenvalue weighted by atomic mass is 9.98. The zero-order valence-corrected chi connectivity index (χ0v) is 22.3. The van der Waals surface area contributed by atoms with E-state index in [4.69, 9.17) is 4.98 Å². The fraction of sp³-hybridized carbons (Fsp3) is 0.346. The first-order chi connectivity index (χ1) is 17.7. The van der Waals surface area contributed by atoms with Gasteiger partial charge in [0, 0.05) is 25.3 Å². The van der Waals surface area contributed by atoms with Gasteiger partial charge in [-0.25, -0.2) is 17.8 Å². The number of carbonyl (C=O) groups is 1.